The van der Waals surface area contributed by atoms with Crippen molar-refractivity contribution < 1.29 is 9.53 Å². The summed E-state index contributed by atoms with van der Waals surface area (Å²) in [4.78, 5) is 17.1. The van der Waals surface area contributed by atoms with E-state index in [4.69, 9.17) is 4.74 Å². The molecule has 2 rings (SSSR count). The number of benzene rings is 1. The maximum Gasteiger partial charge on any atom is 0.408 e. The maximum atomic E-state index is 11.8. The minimum Gasteiger partial charge on any atom is -0.444 e. The standard InChI is InChI=1S/C16H19BrN2O2S/c1-10(19-15(20)21-16(2,3)4)11-5-7-12(8-6-11)13-14(17)18-9-22-13/h5-10H,1-4H3,(H,19,20)/t10-/m0/s1. The van der Waals surface area contributed by atoms with Crippen LogP contribution in [0.4, 0.5) is 4.79 Å². The lowest BCUT2D eigenvalue weighted by atomic mass is 10.1. The summed E-state index contributed by atoms with van der Waals surface area (Å²) in [6.07, 6.45) is -0.408. The zero-order valence-corrected chi connectivity index (χ0v) is 15.4. The van der Waals surface area contributed by atoms with Gasteiger partial charge >= 0.3 is 6.09 Å². The first-order valence-corrected chi connectivity index (χ1v) is 8.62. The number of carbonyl (C=O) groups is 1. The molecule has 0 aliphatic rings. The normalized spacial score (nSPS) is 12.8. The number of nitrogens with one attached hydrogen (secondary N) is 1. The molecule has 0 saturated heterocycles. The first kappa shape index (κ1) is 17.0. The van der Waals surface area contributed by atoms with E-state index in [0.717, 1.165) is 20.6 Å². The molecule has 0 saturated carbocycles. The molecule has 1 aromatic carbocycles. The van der Waals surface area contributed by atoms with Crippen molar-refractivity contribution in [2.24, 2.45) is 0 Å². The Morgan fingerprint density at radius 3 is 2.45 bits per heavy atom. The Hall–Kier alpha value is -1.40. The van der Waals surface area contributed by atoms with E-state index >= 15 is 0 Å². The van der Waals surface area contributed by atoms with Crippen molar-refractivity contribution >= 4 is 33.4 Å². The summed E-state index contributed by atoms with van der Waals surface area (Å²) in [7, 11) is 0. The van der Waals surface area contributed by atoms with E-state index in [1.54, 1.807) is 16.8 Å². The lowest BCUT2D eigenvalue weighted by Gasteiger charge is -2.22. The van der Waals surface area contributed by atoms with Crippen LogP contribution in [0.5, 0.6) is 0 Å². The highest BCUT2D eigenvalue weighted by Gasteiger charge is 2.18. The van der Waals surface area contributed by atoms with E-state index < -0.39 is 11.7 Å². The molecule has 1 amide bonds. The van der Waals surface area contributed by atoms with Gasteiger partial charge in [0.2, 0.25) is 0 Å². The largest absolute Gasteiger partial charge is 0.444 e. The van der Waals surface area contributed by atoms with Crippen molar-refractivity contribution in [2.75, 3.05) is 0 Å². The molecule has 2 aromatic rings. The smallest absolute Gasteiger partial charge is 0.408 e. The Bertz CT molecular complexity index is 647. The van der Waals surface area contributed by atoms with Crippen molar-refractivity contribution in [3.8, 4) is 10.4 Å². The minimum atomic E-state index is -0.494. The molecular weight excluding hydrogens is 364 g/mol. The molecule has 0 spiro atoms. The van der Waals surface area contributed by atoms with Crippen LogP contribution < -0.4 is 5.32 Å². The summed E-state index contributed by atoms with van der Waals surface area (Å²) in [5, 5.41) is 2.84. The number of thiazole rings is 1. The molecular formula is C16H19BrN2O2S. The van der Waals surface area contributed by atoms with E-state index in [1.807, 2.05) is 52.0 Å². The molecule has 6 heteroatoms. The highest BCUT2D eigenvalue weighted by molar-refractivity contribution is 9.10. The molecule has 4 nitrogen and oxygen atoms in total. The Balaban J connectivity index is 2.04. The van der Waals surface area contributed by atoms with Gasteiger partial charge in [-0.15, -0.1) is 11.3 Å². The molecule has 0 fully saturated rings. The molecule has 1 heterocycles. The fourth-order valence-electron chi connectivity index (χ4n) is 1.91. The van der Waals surface area contributed by atoms with Gasteiger partial charge in [0.05, 0.1) is 16.4 Å². The van der Waals surface area contributed by atoms with Crippen LogP contribution >= 0.6 is 27.3 Å². The van der Waals surface area contributed by atoms with Crippen LogP contribution in [-0.2, 0) is 4.74 Å². The van der Waals surface area contributed by atoms with Crippen LogP contribution in [0, 0.1) is 0 Å². The van der Waals surface area contributed by atoms with Gasteiger partial charge in [-0.3, -0.25) is 0 Å². The summed E-state index contributed by atoms with van der Waals surface area (Å²) >= 11 is 5.02. The van der Waals surface area contributed by atoms with E-state index in [1.165, 1.54) is 0 Å². The number of amides is 1. The highest BCUT2D eigenvalue weighted by atomic mass is 79.9. The third-order valence-electron chi connectivity index (χ3n) is 2.93. The summed E-state index contributed by atoms with van der Waals surface area (Å²) in [6, 6.07) is 7.95. The topological polar surface area (TPSA) is 51.2 Å². The summed E-state index contributed by atoms with van der Waals surface area (Å²) in [5.41, 5.74) is 3.43. The summed E-state index contributed by atoms with van der Waals surface area (Å²) in [6.45, 7) is 7.47. The minimum absolute atomic E-state index is 0.117. The summed E-state index contributed by atoms with van der Waals surface area (Å²) in [5.74, 6) is 0. The van der Waals surface area contributed by atoms with E-state index in [2.05, 4.69) is 26.2 Å². The van der Waals surface area contributed by atoms with E-state index in [-0.39, 0.29) is 6.04 Å². The molecule has 118 valence electrons. The molecule has 1 N–H and O–H groups in total. The number of nitrogens with zero attached hydrogens (tertiary/aromatic N) is 1. The zero-order valence-electron chi connectivity index (χ0n) is 13.0. The first-order chi connectivity index (χ1) is 10.3. The monoisotopic (exact) mass is 382 g/mol. The van der Waals surface area contributed by atoms with Gasteiger partial charge in [-0.1, -0.05) is 24.3 Å². The van der Waals surface area contributed by atoms with Crippen LogP contribution in [0.25, 0.3) is 10.4 Å². The van der Waals surface area contributed by atoms with Gasteiger partial charge in [0.15, 0.2) is 0 Å². The van der Waals surface area contributed by atoms with Gasteiger partial charge in [-0.05, 0) is 54.8 Å². The molecule has 0 aliphatic carbocycles. The molecule has 1 aromatic heterocycles. The van der Waals surface area contributed by atoms with Gasteiger partial charge in [-0.2, -0.15) is 0 Å². The van der Waals surface area contributed by atoms with Gasteiger partial charge in [0.25, 0.3) is 0 Å². The SMILES string of the molecule is C[C@H](NC(=O)OC(C)(C)C)c1ccc(-c2scnc2Br)cc1. The number of hydrogen-bond acceptors (Lipinski definition) is 4. The quantitative estimate of drug-likeness (QED) is 0.797. The molecule has 0 radical (unpaired) electrons. The van der Waals surface area contributed by atoms with Crippen LogP contribution in [-0.4, -0.2) is 16.7 Å². The van der Waals surface area contributed by atoms with E-state index in [0.29, 0.717) is 0 Å². The van der Waals surface area contributed by atoms with Gasteiger partial charge in [0.1, 0.15) is 10.2 Å². The average Bonchev–Trinajstić information content (AvgIpc) is 2.83. The first-order valence-electron chi connectivity index (χ1n) is 6.95. The van der Waals surface area contributed by atoms with Crippen molar-refractivity contribution in [2.45, 2.75) is 39.3 Å². The average molecular weight is 383 g/mol. The van der Waals surface area contributed by atoms with Gasteiger partial charge in [0, 0.05) is 0 Å². The van der Waals surface area contributed by atoms with Crippen molar-refractivity contribution in [1.29, 1.82) is 0 Å². The van der Waals surface area contributed by atoms with Crippen LogP contribution in [0.1, 0.15) is 39.3 Å². The lowest BCUT2D eigenvalue weighted by molar-refractivity contribution is 0.0508. The predicted octanol–water partition coefficient (Wildman–Crippen LogP) is 5.16. The van der Waals surface area contributed by atoms with Crippen molar-refractivity contribution in [1.82, 2.24) is 10.3 Å². The Morgan fingerprint density at radius 1 is 1.32 bits per heavy atom. The highest BCUT2D eigenvalue weighted by Crippen LogP contribution is 2.31. The second-order valence-corrected chi connectivity index (χ2v) is 7.57. The lowest BCUT2D eigenvalue weighted by Crippen LogP contribution is -2.34. The second-order valence-electron chi connectivity index (χ2n) is 5.96. The number of hydrogen-bond donors (Lipinski definition) is 1. The molecule has 0 bridgehead atoms. The van der Waals surface area contributed by atoms with Crippen molar-refractivity contribution in [3.05, 3.63) is 39.9 Å². The van der Waals surface area contributed by atoms with E-state index in [9.17, 15) is 4.79 Å². The number of carbonyl (C=O) groups excluding carboxylic acids is 1. The number of rotatable bonds is 3. The van der Waals surface area contributed by atoms with Crippen molar-refractivity contribution in [3.63, 3.8) is 0 Å². The van der Waals surface area contributed by atoms with Gasteiger partial charge in [-0.25, -0.2) is 9.78 Å². The Labute approximate surface area is 143 Å². The Kier molecular flexibility index (Phi) is 5.24. The number of halogens is 1. The second kappa shape index (κ2) is 6.79. The number of aromatic nitrogens is 1. The number of ether oxygens (including phenoxy) is 1. The van der Waals surface area contributed by atoms with Crippen LogP contribution in [0.2, 0.25) is 0 Å². The third-order valence-corrected chi connectivity index (χ3v) is 4.67. The van der Waals surface area contributed by atoms with Crippen LogP contribution in [0.3, 0.4) is 0 Å². The molecule has 0 unspecified atom stereocenters. The predicted molar refractivity (Wildman–Crippen MR) is 93.0 cm³/mol. The summed E-state index contributed by atoms with van der Waals surface area (Å²) < 4.78 is 6.12. The molecule has 1 atom stereocenters. The molecule has 0 aliphatic heterocycles. The Morgan fingerprint density at radius 2 is 1.95 bits per heavy atom. The van der Waals surface area contributed by atoms with Gasteiger partial charge < -0.3 is 10.1 Å². The fourth-order valence-corrected chi connectivity index (χ4v) is 3.34. The maximum absolute atomic E-state index is 11.8. The molecule has 22 heavy (non-hydrogen) atoms. The third kappa shape index (κ3) is 4.55. The number of alkyl carbamates (subject to hydrolysis) is 1. The fraction of sp³-hybridized carbons (Fsp3) is 0.375. The zero-order chi connectivity index (χ0) is 16.3. The van der Waals surface area contributed by atoms with Crippen LogP contribution in [0.15, 0.2) is 34.4 Å².